The molecule has 1 aliphatic carbocycles. The van der Waals surface area contributed by atoms with Crippen molar-refractivity contribution in [2.75, 3.05) is 0 Å². The van der Waals surface area contributed by atoms with Crippen LogP contribution in [-0.2, 0) is 9.59 Å². The maximum absolute atomic E-state index is 15.1. The summed E-state index contributed by atoms with van der Waals surface area (Å²) in [5, 5.41) is 51.3. The molecule has 0 heterocycles. The van der Waals surface area contributed by atoms with Gasteiger partial charge in [0.2, 0.25) is 22.2 Å². The monoisotopic (exact) mass is 793 g/mol. The molecule has 320 valence electrons. The predicted octanol–water partition coefficient (Wildman–Crippen LogP) is 10.7. The number of carbonyl (C=O) groups excluding carboxylic acids is 2. The van der Waals surface area contributed by atoms with Crippen molar-refractivity contribution in [1.29, 1.82) is 0 Å². The van der Waals surface area contributed by atoms with Crippen LogP contribution in [0.25, 0.3) is 0 Å². The molecular weight excluding hydrogens is 720 g/mol. The fourth-order valence-corrected chi connectivity index (χ4v) is 7.73. The summed E-state index contributed by atoms with van der Waals surface area (Å²) in [5.41, 5.74) is -7.96. The van der Waals surface area contributed by atoms with Crippen LogP contribution in [-0.4, -0.2) is 53.4 Å². The first-order chi connectivity index (χ1) is 25.6. The molecule has 0 aromatic carbocycles. The first-order valence-corrected chi connectivity index (χ1v) is 20.8. The Morgan fingerprint density at radius 2 is 0.554 bits per heavy atom. The molecule has 0 aromatic heterocycles. The summed E-state index contributed by atoms with van der Waals surface area (Å²) in [6.45, 7) is 21.5. The molecule has 4 unspecified atom stereocenters. The first-order valence-electron chi connectivity index (χ1n) is 20.8. The van der Waals surface area contributed by atoms with Crippen LogP contribution in [0.15, 0.2) is 22.3 Å². The largest absolute Gasteiger partial charge is 0.289 e. The van der Waals surface area contributed by atoms with Crippen LogP contribution in [0.3, 0.4) is 0 Å². The molecule has 0 saturated heterocycles. The number of hydrogen-bond donors (Lipinski definition) is 0. The van der Waals surface area contributed by atoms with Crippen molar-refractivity contribution < 1.29 is 29.3 Å². The van der Waals surface area contributed by atoms with E-state index in [0.29, 0.717) is 51.4 Å². The van der Waals surface area contributed by atoms with Gasteiger partial charge in [-0.3, -0.25) is 50.0 Å². The van der Waals surface area contributed by atoms with Gasteiger partial charge in [0, 0.05) is 121 Å². The SMILES string of the molecule is CC(C)CCCC(C)(CC1=C(CC(C)(CCCC(C)C)[N+](=O)[O-])C(=O)C(CC(C)(CCCC(C)C)[N+](=O)[O-])=C(CC(C)(CCCC(C)C)[N+](=O)[O-])C1=O)[N+](=O)[O-]. The average Bonchev–Trinajstić information content (AvgIpc) is 3.05. The average molecular weight is 793 g/mol. The van der Waals surface area contributed by atoms with Crippen molar-refractivity contribution in [2.45, 2.75) is 208 Å². The van der Waals surface area contributed by atoms with Crippen LogP contribution >= 0.6 is 0 Å². The van der Waals surface area contributed by atoms with Crippen molar-refractivity contribution in [3.63, 3.8) is 0 Å². The molecule has 0 aromatic rings. The van der Waals surface area contributed by atoms with Gasteiger partial charge < -0.3 is 0 Å². The number of carbonyl (C=O) groups is 2. The lowest BCUT2D eigenvalue weighted by molar-refractivity contribution is -0.567. The Bertz CT molecular complexity index is 1290. The molecule has 0 amide bonds. The van der Waals surface area contributed by atoms with Gasteiger partial charge in [0.25, 0.3) is 0 Å². The van der Waals surface area contributed by atoms with E-state index in [1.165, 1.54) is 27.7 Å². The lowest BCUT2D eigenvalue weighted by atomic mass is 9.69. The highest BCUT2D eigenvalue weighted by Gasteiger charge is 2.51. The molecule has 0 saturated carbocycles. The Morgan fingerprint density at radius 1 is 0.393 bits per heavy atom. The molecule has 4 atom stereocenters. The fourth-order valence-electron chi connectivity index (χ4n) is 7.73. The molecule has 1 rings (SSSR count). The Labute approximate surface area is 334 Å². The van der Waals surface area contributed by atoms with E-state index in [2.05, 4.69) is 0 Å². The Morgan fingerprint density at radius 3 is 0.679 bits per heavy atom. The topological polar surface area (TPSA) is 207 Å². The molecule has 14 heteroatoms. The molecule has 0 bridgehead atoms. The van der Waals surface area contributed by atoms with Gasteiger partial charge in [-0.2, -0.15) is 0 Å². The van der Waals surface area contributed by atoms with Crippen molar-refractivity contribution in [2.24, 2.45) is 23.7 Å². The van der Waals surface area contributed by atoms with Crippen molar-refractivity contribution in [1.82, 2.24) is 0 Å². The van der Waals surface area contributed by atoms with Crippen molar-refractivity contribution in [3.05, 3.63) is 62.7 Å². The van der Waals surface area contributed by atoms with Gasteiger partial charge in [0.05, 0.1) is 0 Å². The summed E-state index contributed by atoms with van der Waals surface area (Å²) in [6, 6.07) is 0. The molecule has 56 heavy (non-hydrogen) atoms. The molecular formula is C42H72N4O10. The lowest BCUT2D eigenvalue weighted by Crippen LogP contribution is -2.44. The summed E-state index contributed by atoms with van der Waals surface area (Å²) in [7, 11) is 0. The van der Waals surface area contributed by atoms with E-state index in [0.717, 1.165) is 0 Å². The number of nitro groups is 4. The predicted molar refractivity (Wildman–Crippen MR) is 219 cm³/mol. The van der Waals surface area contributed by atoms with Gasteiger partial charge in [0.15, 0.2) is 11.6 Å². The molecule has 0 aliphatic heterocycles. The summed E-state index contributed by atoms with van der Waals surface area (Å²) in [4.78, 5) is 79.6. The molecule has 0 N–H and O–H groups in total. The minimum absolute atomic E-state index is 0.0558. The minimum atomic E-state index is -1.74. The van der Waals surface area contributed by atoms with E-state index in [9.17, 15) is 40.5 Å². The zero-order valence-corrected chi connectivity index (χ0v) is 36.5. The van der Waals surface area contributed by atoms with Crippen LogP contribution in [0.4, 0.5) is 0 Å². The van der Waals surface area contributed by atoms with E-state index in [4.69, 9.17) is 0 Å². The molecule has 1 aliphatic rings. The second-order valence-corrected chi connectivity index (χ2v) is 19.4. The normalized spacial score (nSPS) is 18.4. The molecule has 0 radical (unpaired) electrons. The second-order valence-electron chi connectivity index (χ2n) is 19.4. The quantitative estimate of drug-likeness (QED) is 0.0416. The molecule has 0 fully saturated rings. The number of Topliss-reactive ketones (excluding diaryl/α,β-unsaturated/α-hetero) is 2. The highest BCUT2D eigenvalue weighted by Crippen LogP contribution is 2.44. The van der Waals surface area contributed by atoms with E-state index in [1.54, 1.807) is 0 Å². The van der Waals surface area contributed by atoms with Crippen LogP contribution in [0.5, 0.6) is 0 Å². The van der Waals surface area contributed by atoms with E-state index in [1.807, 2.05) is 55.4 Å². The maximum atomic E-state index is 15.1. The van der Waals surface area contributed by atoms with Crippen molar-refractivity contribution >= 4 is 11.6 Å². The van der Waals surface area contributed by atoms with Crippen LogP contribution in [0, 0.1) is 64.1 Å². The second kappa shape index (κ2) is 21.3. The van der Waals surface area contributed by atoms with Gasteiger partial charge in [-0.05, 0) is 49.4 Å². The Balaban J connectivity index is 4.27. The van der Waals surface area contributed by atoms with Crippen LogP contribution in [0.2, 0.25) is 0 Å². The maximum Gasteiger partial charge on any atom is 0.223 e. The summed E-state index contributed by atoms with van der Waals surface area (Å²) < 4.78 is 0. The van der Waals surface area contributed by atoms with Crippen LogP contribution in [0.1, 0.15) is 186 Å². The zero-order chi connectivity index (χ0) is 43.4. The van der Waals surface area contributed by atoms with E-state index < -0.39 is 79.1 Å². The third-order valence-corrected chi connectivity index (χ3v) is 11.8. The van der Waals surface area contributed by atoms with Gasteiger partial charge in [-0.1, -0.05) is 81.1 Å². The number of ketones is 2. The standard InChI is InChI=1S/C42H72N4O10/c1-29(2)17-13-21-39(9,43(49)50)25-33-34(26-40(10,44(51)52)22-14-18-30(3)4)38(48)36(28-42(12,46(55)56)24-16-20-32(7)8)35(37(33)47)27-41(11,45(53)54)23-15-19-31(5)6/h29-32H,13-28H2,1-12H3. The zero-order valence-electron chi connectivity index (χ0n) is 36.5. The summed E-state index contributed by atoms with van der Waals surface area (Å²) >= 11 is 0. The molecule has 14 nitrogen and oxygen atoms in total. The van der Waals surface area contributed by atoms with Gasteiger partial charge in [-0.25, -0.2) is 0 Å². The highest BCUT2D eigenvalue weighted by atomic mass is 16.6. The minimum Gasteiger partial charge on any atom is -0.289 e. The van der Waals surface area contributed by atoms with Gasteiger partial charge >= 0.3 is 0 Å². The number of rotatable bonds is 28. The Hall–Kier alpha value is -3.58. The van der Waals surface area contributed by atoms with E-state index >= 15 is 9.59 Å². The van der Waals surface area contributed by atoms with Crippen molar-refractivity contribution in [3.8, 4) is 0 Å². The third-order valence-electron chi connectivity index (χ3n) is 11.8. The fraction of sp³-hybridized carbons (Fsp3) is 0.857. The first kappa shape index (κ1) is 50.4. The van der Waals surface area contributed by atoms with Gasteiger partial charge in [0.1, 0.15) is 0 Å². The smallest absolute Gasteiger partial charge is 0.223 e. The molecule has 0 spiro atoms. The highest BCUT2D eigenvalue weighted by molar-refractivity contribution is 6.25. The summed E-state index contributed by atoms with van der Waals surface area (Å²) in [5.74, 6) is -0.652. The number of nitrogens with zero attached hydrogens (tertiary/aromatic N) is 4. The Kier molecular flexibility index (Phi) is 19.1. The van der Waals surface area contributed by atoms with Gasteiger partial charge in [-0.15, -0.1) is 0 Å². The van der Waals surface area contributed by atoms with E-state index in [-0.39, 0.29) is 71.6 Å². The third kappa shape index (κ3) is 14.4. The lowest BCUT2D eigenvalue weighted by Gasteiger charge is -2.33. The van der Waals surface area contributed by atoms with Crippen LogP contribution < -0.4 is 0 Å². The summed E-state index contributed by atoms with van der Waals surface area (Å²) in [6.07, 6.45) is 2.62. The number of hydrogen-bond acceptors (Lipinski definition) is 10.